The molecule has 126 valence electrons. The highest BCUT2D eigenvalue weighted by atomic mass is 16.3. The SMILES string of the molecule is Cc1cc(NC(=O)NC2CCCC2)ccc1NC(=O)c1ccco1. The van der Waals surface area contributed by atoms with Crippen LogP contribution < -0.4 is 16.0 Å². The Kier molecular flexibility index (Phi) is 4.84. The number of benzene rings is 1. The van der Waals surface area contributed by atoms with Crippen molar-refractivity contribution in [3.8, 4) is 0 Å². The summed E-state index contributed by atoms with van der Waals surface area (Å²) in [7, 11) is 0. The first kappa shape index (κ1) is 16.1. The topological polar surface area (TPSA) is 83.4 Å². The molecule has 0 atom stereocenters. The van der Waals surface area contributed by atoms with E-state index < -0.39 is 0 Å². The molecular weight excluding hydrogens is 306 g/mol. The molecule has 0 aliphatic heterocycles. The predicted octanol–water partition coefficient (Wildman–Crippen LogP) is 3.90. The second-order valence-corrected chi connectivity index (χ2v) is 6.04. The zero-order valence-electron chi connectivity index (χ0n) is 13.6. The minimum Gasteiger partial charge on any atom is -0.459 e. The van der Waals surface area contributed by atoms with Crippen molar-refractivity contribution in [1.29, 1.82) is 0 Å². The molecule has 6 heteroatoms. The molecule has 1 heterocycles. The maximum atomic E-state index is 12.0. The highest BCUT2D eigenvalue weighted by molar-refractivity contribution is 6.02. The van der Waals surface area contributed by atoms with Gasteiger partial charge in [0, 0.05) is 17.4 Å². The van der Waals surface area contributed by atoms with E-state index in [0.717, 1.165) is 18.4 Å². The number of furan rings is 1. The van der Waals surface area contributed by atoms with Gasteiger partial charge in [-0.25, -0.2) is 4.79 Å². The first-order chi connectivity index (χ1) is 11.6. The Morgan fingerprint density at radius 3 is 2.58 bits per heavy atom. The van der Waals surface area contributed by atoms with Gasteiger partial charge in [-0.2, -0.15) is 0 Å². The maximum absolute atomic E-state index is 12.0. The molecule has 24 heavy (non-hydrogen) atoms. The predicted molar refractivity (Wildman–Crippen MR) is 92.3 cm³/mol. The van der Waals surface area contributed by atoms with Crippen molar-refractivity contribution in [2.45, 2.75) is 38.6 Å². The third kappa shape index (κ3) is 3.95. The second-order valence-electron chi connectivity index (χ2n) is 6.04. The number of urea groups is 1. The van der Waals surface area contributed by atoms with Crippen LogP contribution in [0.1, 0.15) is 41.8 Å². The smallest absolute Gasteiger partial charge is 0.319 e. The molecule has 6 nitrogen and oxygen atoms in total. The maximum Gasteiger partial charge on any atom is 0.319 e. The average Bonchev–Trinajstić information content (AvgIpc) is 3.23. The van der Waals surface area contributed by atoms with Crippen LogP contribution in [0.25, 0.3) is 0 Å². The van der Waals surface area contributed by atoms with Crippen molar-refractivity contribution < 1.29 is 14.0 Å². The third-order valence-corrected chi connectivity index (χ3v) is 4.17. The normalized spacial score (nSPS) is 14.4. The van der Waals surface area contributed by atoms with E-state index in [0.29, 0.717) is 11.4 Å². The van der Waals surface area contributed by atoms with Crippen LogP contribution >= 0.6 is 0 Å². The van der Waals surface area contributed by atoms with Crippen LogP contribution in [0.4, 0.5) is 16.2 Å². The lowest BCUT2D eigenvalue weighted by Gasteiger charge is -2.14. The summed E-state index contributed by atoms with van der Waals surface area (Å²) < 4.78 is 5.07. The second kappa shape index (κ2) is 7.21. The van der Waals surface area contributed by atoms with Gasteiger partial charge < -0.3 is 20.4 Å². The first-order valence-electron chi connectivity index (χ1n) is 8.15. The van der Waals surface area contributed by atoms with Gasteiger partial charge in [-0.15, -0.1) is 0 Å². The Balaban J connectivity index is 1.59. The Hall–Kier alpha value is -2.76. The van der Waals surface area contributed by atoms with Crippen molar-refractivity contribution in [2.75, 3.05) is 10.6 Å². The number of hydrogen-bond donors (Lipinski definition) is 3. The van der Waals surface area contributed by atoms with Gasteiger partial charge in [-0.3, -0.25) is 4.79 Å². The number of anilines is 2. The van der Waals surface area contributed by atoms with E-state index in [9.17, 15) is 9.59 Å². The highest BCUT2D eigenvalue weighted by Crippen LogP contribution is 2.21. The summed E-state index contributed by atoms with van der Waals surface area (Å²) in [5.41, 5.74) is 2.23. The number of carbonyl (C=O) groups is 2. The fourth-order valence-electron chi connectivity index (χ4n) is 2.90. The Labute approximate surface area is 140 Å². The van der Waals surface area contributed by atoms with E-state index in [1.165, 1.54) is 19.1 Å². The van der Waals surface area contributed by atoms with Crippen LogP contribution in [0.2, 0.25) is 0 Å². The standard InChI is InChI=1S/C18H21N3O3/c1-12-11-14(20-18(23)19-13-5-2-3-6-13)8-9-15(12)21-17(22)16-7-4-10-24-16/h4,7-11,13H,2-3,5-6H2,1H3,(H,21,22)(H2,19,20,23). The molecule has 3 rings (SSSR count). The van der Waals surface area contributed by atoms with Gasteiger partial charge in [-0.05, 0) is 55.7 Å². The molecule has 2 aromatic rings. The van der Waals surface area contributed by atoms with Crippen LogP contribution in [0, 0.1) is 6.92 Å². The van der Waals surface area contributed by atoms with E-state index in [1.54, 1.807) is 24.3 Å². The largest absolute Gasteiger partial charge is 0.459 e. The quantitative estimate of drug-likeness (QED) is 0.796. The molecule has 1 aromatic heterocycles. The molecule has 0 spiro atoms. The van der Waals surface area contributed by atoms with Crippen LogP contribution in [0.3, 0.4) is 0 Å². The summed E-state index contributed by atoms with van der Waals surface area (Å²) in [6.07, 6.45) is 5.90. The fraction of sp³-hybridized carbons (Fsp3) is 0.333. The molecule has 1 aliphatic carbocycles. The minimum absolute atomic E-state index is 0.186. The van der Waals surface area contributed by atoms with Crippen molar-refractivity contribution in [3.05, 3.63) is 47.9 Å². The lowest BCUT2D eigenvalue weighted by Crippen LogP contribution is -2.36. The lowest BCUT2D eigenvalue weighted by molar-refractivity contribution is 0.0996. The molecule has 0 bridgehead atoms. The van der Waals surface area contributed by atoms with Gasteiger partial charge in [0.25, 0.3) is 5.91 Å². The van der Waals surface area contributed by atoms with Crippen LogP contribution in [0.5, 0.6) is 0 Å². The number of amides is 3. The van der Waals surface area contributed by atoms with Gasteiger partial charge >= 0.3 is 6.03 Å². The highest BCUT2D eigenvalue weighted by Gasteiger charge is 2.17. The zero-order chi connectivity index (χ0) is 16.9. The molecule has 1 aliphatic rings. The molecular formula is C18H21N3O3. The van der Waals surface area contributed by atoms with Crippen LogP contribution in [-0.2, 0) is 0 Å². The summed E-state index contributed by atoms with van der Waals surface area (Å²) in [6, 6.07) is 8.71. The Morgan fingerprint density at radius 1 is 1.12 bits per heavy atom. The fourth-order valence-corrected chi connectivity index (χ4v) is 2.90. The van der Waals surface area contributed by atoms with Gasteiger partial charge in [0.1, 0.15) is 0 Å². The number of carbonyl (C=O) groups excluding carboxylic acids is 2. The van der Waals surface area contributed by atoms with Crippen molar-refractivity contribution >= 4 is 23.3 Å². The molecule has 3 amide bonds. The van der Waals surface area contributed by atoms with Gasteiger partial charge in [0.2, 0.25) is 0 Å². The van der Waals surface area contributed by atoms with Crippen molar-refractivity contribution in [3.63, 3.8) is 0 Å². The van der Waals surface area contributed by atoms with E-state index in [1.807, 2.05) is 13.0 Å². The third-order valence-electron chi connectivity index (χ3n) is 4.17. The number of aryl methyl sites for hydroxylation is 1. The van der Waals surface area contributed by atoms with E-state index in [-0.39, 0.29) is 23.7 Å². The van der Waals surface area contributed by atoms with Crippen molar-refractivity contribution in [1.82, 2.24) is 5.32 Å². The van der Waals surface area contributed by atoms with E-state index in [2.05, 4.69) is 16.0 Å². The zero-order valence-corrected chi connectivity index (χ0v) is 13.6. The molecule has 3 N–H and O–H groups in total. The van der Waals surface area contributed by atoms with Crippen LogP contribution in [0.15, 0.2) is 41.0 Å². The minimum atomic E-state index is -0.303. The molecule has 0 unspecified atom stereocenters. The molecule has 0 radical (unpaired) electrons. The van der Waals surface area contributed by atoms with Crippen LogP contribution in [-0.4, -0.2) is 18.0 Å². The molecule has 1 aromatic carbocycles. The molecule has 0 saturated heterocycles. The summed E-state index contributed by atoms with van der Waals surface area (Å²) >= 11 is 0. The summed E-state index contributed by atoms with van der Waals surface area (Å²) in [5.74, 6) is -0.0460. The Bertz CT molecular complexity index is 719. The molecule has 1 saturated carbocycles. The number of rotatable bonds is 4. The monoisotopic (exact) mass is 327 g/mol. The van der Waals surface area contributed by atoms with E-state index >= 15 is 0 Å². The first-order valence-corrected chi connectivity index (χ1v) is 8.15. The Morgan fingerprint density at radius 2 is 1.92 bits per heavy atom. The van der Waals surface area contributed by atoms with Gasteiger partial charge in [-0.1, -0.05) is 12.8 Å². The molecule has 1 fully saturated rings. The summed E-state index contributed by atoms with van der Waals surface area (Å²) in [4.78, 5) is 24.0. The summed E-state index contributed by atoms with van der Waals surface area (Å²) in [5, 5.41) is 8.61. The summed E-state index contributed by atoms with van der Waals surface area (Å²) in [6.45, 7) is 1.87. The number of nitrogens with one attached hydrogen (secondary N) is 3. The number of hydrogen-bond acceptors (Lipinski definition) is 3. The van der Waals surface area contributed by atoms with E-state index in [4.69, 9.17) is 4.42 Å². The van der Waals surface area contributed by atoms with Gasteiger partial charge in [0.05, 0.1) is 6.26 Å². The van der Waals surface area contributed by atoms with Crippen molar-refractivity contribution in [2.24, 2.45) is 0 Å². The lowest BCUT2D eigenvalue weighted by atomic mass is 10.1. The van der Waals surface area contributed by atoms with Gasteiger partial charge in [0.15, 0.2) is 5.76 Å². The average molecular weight is 327 g/mol.